The summed E-state index contributed by atoms with van der Waals surface area (Å²) in [7, 11) is 0. The number of carbonyl (C=O) groups is 1. The molecule has 1 fully saturated rings. The van der Waals surface area contributed by atoms with E-state index < -0.39 is 11.6 Å². The zero-order valence-electron chi connectivity index (χ0n) is 19.2. The first-order chi connectivity index (χ1) is 16.5. The number of benzene rings is 3. The van der Waals surface area contributed by atoms with Crippen molar-refractivity contribution in [1.29, 1.82) is 0 Å². The zero-order chi connectivity index (χ0) is 23.9. The first kappa shape index (κ1) is 23.7. The van der Waals surface area contributed by atoms with Crippen LogP contribution in [0.5, 0.6) is 11.5 Å². The first-order valence-corrected chi connectivity index (χ1v) is 11.4. The van der Waals surface area contributed by atoms with Crippen LogP contribution in [0, 0.1) is 11.6 Å². The van der Waals surface area contributed by atoms with Crippen LogP contribution >= 0.6 is 0 Å². The highest BCUT2D eigenvalue weighted by Gasteiger charge is 2.23. The number of rotatable bonds is 8. The van der Waals surface area contributed by atoms with Gasteiger partial charge in [-0.1, -0.05) is 24.3 Å². The van der Waals surface area contributed by atoms with Gasteiger partial charge in [0.15, 0.2) is 11.6 Å². The largest absolute Gasteiger partial charge is 0.494 e. The van der Waals surface area contributed by atoms with Gasteiger partial charge in [-0.05, 0) is 55.0 Å². The van der Waals surface area contributed by atoms with Crippen molar-refractivity contribution in [3.8, 4) is 11.5 Å². The fourth-order valence-electron chi connectivity index (χ4n) is 3.96. The van der Waals surface area contributed by atoms with E-state index >= 15 is 0 Å². The lowest BCUT2D eigenvalue weighted by atomic mass is 10.1. The highest BCUT2D eigenvalue weighted by atomic mass is 19.2. The third-order valence-electron chi connectivity index (χ3n) is 5.80. The topological polar surface area (TPSA) is 42.0 Å². The van der Waals surface area contributed by atoms with Crippen molar-refractivity contribution in [3.05, 3.63) is 95.1 Å². The number of carbonyl (C=O) groups excluding carboxylic acids is 1. The van der Waals surface area contributed by atoms with Crippen molar-refractivity contribution < 1.29 is 23.0 Å². The second kappa shape index (κ2) is 11.1. The van der Waals surface area contributed by atoms with Crippen molar-refractivity contribution in [2.24, 2.45) is 0 Å². The van der Waals surface area contributed by atoms with E-state index in [0.29, 0.717) is 57.1 Å². The molecule has 0 aromatic heterocycles. The number of nitrogens with zero attached hydrogens (tertiary/aromatic N) is 2. The van der Waals surface area contributed by atoms with Crippen LogP contribution in [-0.2, 0) is 13.2 Å². The molecule has 3 aromatic rings. The van der Waals surface area contributed by atoms with Gasteiger partial charge in [0.05, 0.1) is 6.61 Å². The summed E-state index contributed by atoms with van der Waals surface area (Å²) >= 11 is 0. The number of hydrogen-bond donors (Lipinski definition) is 0. The van der Waals surface area contributed by atoms with E-state index in [-0.39, 0.29) is 5.91 Å². The van der Waals surface area contributed by atoms with Crippen molar-refractivity contribution in [1.82, 2.24) is 9.80 Å². The molecular weight excluding hydrogens is 438 g/mol. The van der Waals surface area contributed by atoms with Gasteiger partial charge in [-0.25, -0.2) is 8.78 Å². The second-order valence-corrected chi connectivity index (χ2v) is 8.17. The maximum Gasteiger partial charge on any atom is 0.253 e. The van der Waals surface area contributed by atoms with Crippen LogP contribution in [0.4, 0.5) is 8.78 Å². The van der Waals surface area contributed by atoms with E-state index in [4.69, 9.17) is 9.47 Å². The molecule has 0 atom stereocenters. The number of ether oxygens (including phenoxy) is 2. The molecular formula is C27H28F2N2O3. The van der Waals surface area contributed by atoms with Crippen LogP contribution in [0.1, 0.15) is 28.4 Å². The minimum Gasteiger partial charge on any atom is -0.494 e. The Morgan fingerprint density at radius 3 is 2.26 bits per heavy atom. The highest BCUT2D eigenvalue weighted by Crippen LogP contribution is 2.20. The molecule has 178 valence electrons. The van der Waals surface area contributed by atoms with Crippen LogP contribution in [0.25, 0.3) is 0 Å². The van der Waals surface area contributed by atoms with Gasteiger partial charge in [0.1, 0.15) is 18.1 Å². The summed E-state index contributed by atoms with van der Waals surface area (Å²) in [4.78, 5) is 16.9. The Hall–Kier alpha value is -3.45. The van der Waals surface area contributed by atoms with Crippen molar-refractivity contribution >= 4 is 5.91 Å². The average molecular weight is 467 g/mol. The fraction of sp³-hybridized carbons (Fsp3) is 0.296. The van der Waals surface area contributed by atoms with Gasteiger partial charge in [0, 0.05) is 43.9 Å². The predicted octanol–water partition coefficient (Wildman–Crippen LogP) is 4.90. The normalized spacial score (nSPS) is 14.1. The van der Waals surface area contributed by atoms with Gasteiger partial charge in [-0.15, -0.1) is 0 Å². The Bertz CT molecular complexity index is 1110. The molecule has 0 N–H and O–H groups in total. The average Bonchev–Trinajstić information content (AvgIpc) is 2.87. The molecule has 0 unspecified atom stereocenters. The standard InChI is InChI=1S/C27H28F2N2O3/c1-2-33-23-9-11-24(12-10-23)34-19-20-5-3-6-21(17-20)27(32)31-15-13-30(14-16-31)18-22-7-4-8-25(28)26(22)29/h3-12,17H,2,13-16,18-19H2,1H3. The van der Waals surface area contributed by atoms with E-state index in [9.17, 15) is 13.6 Å². The fourth-order valence-corrected chi connectivity index (χ4v) is 3.96. The summed E-state index contributed by atoms with van der Waals surface area (Å²) in [6.07, 6.45) is 0. The van der Waals surface area contributed by atoms with Crippen LogP contribution in [-0.4, -0.2) is 48.5 Å². The molecule has 1 aliphatic heterocycles. The summed E-state index contributed by atoms with van der Waals surface area (Å²) in [5.74, 6) is -0.155. The molecule has 1 amide bonds. The van der Waals surface area contributed by atoms with E-state index in [1.807, 2.05) is 54.3 Å². The summed E-state index contributed by atoms with van der Waals surface area (Å²) in [5, 5.41) is 0. The van der Waals surface area contributed by atoms with E-state index in [2.05, 4.69) is 0 Å². The Balaban J connectivity index is 1.30. The molecule has 0 aliphatic carbocycles. The molecule has 0 spiro atoms. The Morgan fingerprint density at radius 1 is 0.882 bits per heavy atom. The van der Waals surface area contributed by atoms with E-state index in [1.165, 1.54) is 6.07 Å². The van der Waals surface area contributed by atoms with E-state index in [0.717, 1.165) is 23.1 Å². The molecule has 7 heteroatoms. The second-order valence-electron chi connectivity index (χ2n) is 8.17. The molecule has 4 rings (SSSR count). The van der Waals surface area contributed by atoms with Gasteiger partial charge >= 0.3 is 0 Å². The maximum absolute atomic E-state index is 14.0. The quantitative estimate of drug-likeness (QED) is 0.474. The minimum absolute atomic E-state index is 0.0421. The minimum atomic E-state index is -0.835. The maximum atomic E-state index is 14.0. The summed E-state index contributed by atoms with van der Waals surface area (Å²) in [6, 6.07) is 19.1. The number of halogens is 2. The molecule has 0 saturated carbocycles. The molecule has 1 aliphatic rings. The molecule has 1 heterocycles. The van der Waals surface area contributed by atoms with Gasteiger partial charge in [-0.2, -0.15) is 0 Å². The van der Waals surface area contributed by atoms with Crippen LogP contribution in [0.2, 0.25) is 0 Å². The van der Waals surface area contributed by atoms with Crippen molar-refractivity contribution in [2.75, 3.05) is 32.8 Å². The monoisotopic (exact) mass is 466 g/mol. The van der Waals surface area contributed by atoms with Crippen molar-refractivity contribution in [2.45, 2.75) is 20.1 Å². The zero-order valence-corrected chi connectivity index (χ0v) is 19.2. The number of amides is 1. The summed E-state index contributed by atoms with van der Waals surface area (Å²) < 4.78 is 38.7. The Kier molecular flexibility index (Phi) is 7.75. The summed E-state index contributed by atoms with van der Waals surface area (Å²) in [6.45, 7) is 5.48. The number of hydrogen-bond acceptors (Lipinski definition) is 4. The van der Waals surface area contributed by atoms with E-state index in [1.54, 1.807) is 17.0 Å². The molecule has 5 nitrogen and oxygen atoms in total. The Labute approximate surface area is 198 Å². The van der Waals surface area contributed by atoms with Gasteiger partial charge < -0.3 is 14.4 Å². The third-order valence-corrected chi connectivity index (χ3v) is 5.80. The van der Waals surface area contributed by atoms with Gasteiger partial charge in [0.2, 0.25) is 0 Å². The van der Waals surface area contributed by atoms with Crippen LogP contribution in [0.15, 0.2) is 66.7 Å². The first-order valence-electron chi connectivity index (χ1n) is 11.4. The SMILES string of the molecule is CCOc1ccc(OCc2cccc(C(=O)N3CCN(Cc4cccc(F)c4F)CC3)c2)cc1. The molecule has 3 aromatic carbocycles. The van der Waals surface area contributed by atoms with Crippen LogP contribution < -0.4 is 9.47 Å². The van der Waals surface area contributed by atoms with Gasteiger partial charge in [-0.3, -0.25) is 9.69 Å². The highest BCUT2D eigenvalue weighted by molar-refractivity contribution is 5.94. The van der Waals surface area contributed by atoms with Crippen LogP contribution in [0.3, 0.4) is 0 Å². The summed E-state index contributed by atoms with van der Waals surface area (Å²) in [5.41, 5.74) is 1.84. The molecule has 0 radical (unpaired) electrons. The molecule has 34 heavy (non-hydrogen) atoms. The predicted molar refractivity (Wildman–Crippen MR) is 126 cm³/mol. The Morgan fingerprint density at radius 2 is 1.56 bits per heavy atom. The lowest BCUT2D eigenvalue weighted by Gasteiger charge is -2.35. The van der Waals surface area contributed by atoms with Crippen molar-refractivity contribution in [3.63, 3.8) is 0 Å². The lowest BCUT2D eigenvalue weighted by molar-refractivity contribution is 0.0626. The molecule has 1 saturated heterocycles. The lowest BCUT2D eigenvalue weighted by Crippen LogP contribution is -2.48. The van der Waals surface area contributed by atoms with Gasteiger partial charge in [0.25, 0.3) is 5.91 Å². The third kappa shape index (κ3) is 5.91. The smallest absolute Gasteiger partial charge is 0.253 e. The molecule has 0 bridgehead atoms. The number of piperazine rings is 1.